The zero-order valence-corrected chi connectivity index (χ0v) is 9.78. The summed E-state index contributed by atoms with van der Waals surface area (Å²) < 4.78 is 0. The van der Waals surface area contributed by atoms with Crippen LogP contribution in [0.1, 0.15) is 43.8 Å². The third-order valence-corrected chi connectivity index (χ3v) is 4.00. The van der Waals surface area contributed by atoms with Crippen molar-refractivity contribution in [1.29, 1.82) is 0 Å². The van der Waals surface area contributed by atoms with Gasteiger partial charge in [0.1, 0.15) is 0 Å². The van der Waals surface area contributed by atoms with Crippen LogP contribution in [0.3, 0.4) is 0 Å². The Labute approximate surface area is 89.8 Å². The van der Waals surface area contributed by atoms with Crippen LogP contribution >= 0.6 is 11.3 Å². The average molecular weight is 210 g/mol. The lowest BCUT2D eigenvalue weighted by Crippen LogP contribution is -2.14. The SMILES string of the molecule is CCCNCc1csc(C2(C)CC2)n1. The van der Waals surface area contributed by atoms with Crippen molar-refractivity contribution in [3.63, 3.8) is 0 Å². The highest BCUT2D eigenvalue weighted by atomic mass is 32.1. The summed E-state index contributed by atoms with van der Waals surface area (Å²) in [4.78, 5) is 4.67. The zero-order chi connectivity index (χ0) is 10.0. The lowest BCUT2D eigenvalue weighted by molar-refractivity contribution is 0.661. The minimum atomic E-state index is 0.438. The van der Waals surface area contributed by atoms with Gasteiger partial charge in [0.2, 0.25) is 0 Å². The molecule has 0 bridgehead atoms. The predicted molar refractivity (Wildman–Crippen MR) is 60.7 cm³/mol. The molecule has 0 unspecified atom stereocenters. The first-order valence-electron chi connectivity index (χ1n) is 5.40. The molecule has 2 rings (SSSR count). The molecule has 0 spiro atoms. The zero-order valence-electron chi connectivity index (χ0n) is 8.97. The van der Waals surface area contributed by atoms with Crippen molar-refractivity contribution >= 4 is 11.3 Å². The molecule has 1 aromatic heterocycles. The Morgan fingerprint density at radius 3 is 3.00 bits per heavy atom. The van der Waals surface area contributed by atoms with E-state index in [4.69, 9.17) is 0 Å². The van der Waals surface area contributed by atoms with Gasteiger partial charge < -0.3 is 5.32 Å². The van der Waals surface area contributed by atoms with Gasteiger partial charge in [-0.3, -0.25) is 0 Å². The smallest absolute Gasteiger partial charge is 0.0988 e. The lowest BCUT2D eigenvalue weighted by Gasteiger charge is -2.01. The number of nitrogens with zero attached hydrogens (tertiary/aromatic N) is 1. The number of hydrogen-bond donors (Lipinski definition) is 1. The molecular formula is C11H18N2S. The highest BCUT2D eigenvalue weighted by molar-refractivity contribution is 7.09. The summed E-state index contributed by atoms with van der Waals surface area (Å²) in [7, 11) is 0. The summed E-state index contributed by atoms with van der Waals surface area (Å²) in [6.45, 7) is 6.52. The van der Waals surface area contributed by atoms with Gasteiger partial charge >= 0.3 is 0 Å². The van der Waals surface area contributed by atoms with Crippen molar-refractivity contribution in [2.45, 2.75) is 45.1 Å². The molecule has 0 aromatic carbocycles. The van der Waals surface area contributed by atoms with E-state index in [2.05, 4.69) is 29.5 Å². The fourth-order valence-corrected chi connectivity index (χ4v) is 2.50. The third kappa shape index (κ3) is 2.15. The van der Waals surface area contributed by atoms with Crippen molar-refractivity contribution in [1.82, 2.24) is 10.3 Å². The summed E-state index contributed by atoms with van der Waals surface area (Å²) in [5.41, 5.74) is 1.65. The maximum absolute atomic E-state index is 4.67. The van der Waals surface area contributed by atoms with Crippen LogP contribution in [0.5, 0.6) is 0 Å². The molecule has 1 fully saturated rings. The van der Waals surface area contributed by atoms with Gasteiger partial charge in [-0.05, 0) is 25.8 Å². The van der Waals surface area contributed by atoms with Crippen molar-refractivity contribution in [2.24, 2.45) is 0 Å². The van der Waals surface area contributed by atoms with Crippen LogP contribution in [0.2, 0.25) is 0 Å². The minimum Gasteiger partial charge on any atom is -0.311 e. The molecule has 1 aliphatic carbocycles. The van der Waals surface area contributed by atoms with Gasteiger partial charge in [0, 0.05) is 17.3 Å². The van der Waals surface area contributed by atoms with E-state index < -0.39 is 0 Å². The second kappa shape index (κ2) is 3.99. The molecule has 0 atom stereocenters. The largest absolute Gasteiger partial charge is 0.311 e. The number of hydrogen-bond acceptors (Lipinski definition) is 3. The molecule has 2 nitrogen and oxygen atoms in total. The molecule has 1 aliphatic rings. The van der Waals surface area contributed by atoms with Gasteiger partial charge in [-0.1, -0.05) is 13.8 Å². The van der Waals surface area contributed by atoms with Crippen LogP contribution in [-0.4, -0.2) is 11.5 Å². The third-order valence-electron chi connectivity index (χ3n) is 2.80. The van der Waals surface area contributed by atoms with E-state index in [1.54, 1.807) is 0 Å². The summed E-state index contributed by atoms with van der Waals surface area (Å²) in [5, 5.41) is 6.92. The molecule has 1 aromatic rings. The molecule has 0 amide bonds. The minimum absolute atomic E-state index is 0.438. The van der Waals surface area contributed by atoms with E-state index in [0.29, 0.717) is 5.41 Å². The van der Waals surface area contributed by atoms with E-state index in [1.165, 1.54) is 30.0 Å². The van der Waals surface area contributed by atoms with Gasteiger partial charge in [0.25, 0.3) is 0 Å². The first-order valence-corrected chi connectivity index (χ1v) is 6.28. The Morgan fingerprint density at radius 2 is 2.36 bits per heavy atom. The van der Waals surface area contributed by atoms with Crippen LogP contribution < -0.4 is 5.32 Å². The molecular weight excluding hydrogens is 192 g/mol. The standard InChI is InChI=1S/C11H18N2S/c1-3-6-12-7-9-8-14-10(13-9)11(2)4-5-11/h8,12H,3-7H2,1-2H3. The summed E-state index contributed by atoms with van der Waals surface area (Å²) in [6.07, 6.45) is 3.83. The quantitative estimate of drug-likeness (QED) is 0.756. The Hall–Kier alpha value is -0.410. The van der Waals surface area contributed by atoms with Crippen molar-refractivity contribution in [2.75, 3.05) is 6.54 Å². The van der Waals surface area contributed by atoms with Crippen molar-refractivity contribution in [3.8, 4) is 0 Å². The first-order chi connectivity index (χ1) is 6.74. The first kappa shape index (κ1) is 10.1. The van der Waals surface area contributed by atoms with Crippen LogP contribution in [0.4, 0.5) is 0 Å². The lowest BCUT2D eigenvalue weighted by atomic mass is 10.2. The van der Waals surface area contributed by atoms with E-state index in [9.17, 15) is 0 Å². The number of thiazole rings is 1. The predicted octanol–water partition coefficient (Wildman–Crippen LogP) is 2.69. The number of aromatic nitrogens is 1. The summed E-state index contributed by atoms with van der Waals surface area (Å²) in [6, 6.07) is 0. The van der Waals surface area contributed by atoms with Gasteiger partial charge in [-0.15, -0.1) is 11.3 Å². The van der Waals surface area contributed by atoms with Gasteiger partial charge in [0.05, 0.1) is 10.7 Å². The van der Waals surface area contributed by atoms with E-state index in [1.807, 2.05) is 11.3 Å². The Bertz CT molecular complexity index is 302. The molecule has 3 heteroatoms. The molecule has 78 valence electrons. The second-order valence-corrected chi connectivity index (χ2v) is 5.24. The molecule has 1 N–H and O–H groups in total. The topological polar surface area (TPSA) is 24.9 Å². The fraction of sp³-hybridized carbons (Fsp3) is 0.727. The number of rotatable bonds is 5. The molecule has 0 radical (unpaired) electrons. The van der Waals surface area contributed by atoms with E-state index in [0.717, 1.165) is 13.1 Å². The Morgan fingerprint density at radius 1 is 1.57 bits per heavy atom. The highest BCUT2D eigenvalue weighted by Gasteiger charge is 2.41. The van der Waals surface area contributed by atoms with Gasteiger partial charge in [0.15, 0.2) is 0 Å². The van der Waals surface area contributed by atoms with E-state index in [-0.39, 0.29) is 0 Å². The van der Waals surface area contributed by atoms with Crippen LogP contribution in [-0.2, 0) is 12.0 Å². The average Bonchev–Trinajstić information content (AvgIpc) is 2.76. The highest BCUT2D eigenvalue weighted by Crippen LogP contribution is 2.48. The number of nitrogens with one attached hydrogen (secondary N) is 1. The maximum atomic E-state index is 4.67. The van der Waals surface area contributed by atoms with Crippen LogP contribution in [0.25, 0.3) is 0 Å². The normalized spacial score (nSPS) is 18.4. The molecule has 14 heavy (non-hydrogen) atoms. The second-order valence-electron chi connectivity index (χ2n) is 4.38. The molecule has 1 saturated carbocycles. The Balaban J connectivity index is 1.90. The maximum Gasteiger partial charge on any atom is 0.0988 e. The van der Waals surface area contributed by atoms with E-state index >= 15 is 0 Å². The van der Waals surface area contributed by atoms with Crippen LogP contribution in [0.15, 0.2) is 5.38 Å². The summed E-state index contributed by atoms with van der Waals surface area (Å²) in [5.74, 6) is 0. The molecule has 1 heterocycles. The van der Waals surface area contributed by atoms with Crippen molar-refractivity contribution < 1.29 is 0 Å². The van der Waals surface area contributed by atoms with Crippen LogP contribution in [0, 0.1) is 0 Å². The van der Waals surface area contributed by atoms with Crippen molar-refractivity contribution in [3.05, 3.63) is 16.1 Å². The van der Waals surface area contributed by atoms with Gasteiger partial charge in [-0.2, -0.15) is 0 Å². The molecule has 0 aliphatic heterocycles. The Kier molecular flexibility index (Phi) is 2.88. The fourth-order valence-electron chi connectivity index (χ4n) is 1.46. The summed E-state index contributed by atoms with van der Waals surface area (Å²) >= 11 is 1.83. The van der Waals surface area contributed by atoms with Gasteiger partial charge in [-0.25, -0.2) is 4.98 Å². The molecule has 0 saturated heterocycles. The monoisotopic (exact) mass is 210 g/mol.